The maximum atomic E-state index is 10.4. The van der Waals surface area contributed by atoms with E-state index in [0.29, 0.717) is 5.56 Å². The van der Waals surface area contributed by atoms with Crippen molar-refractivity contribution in [2.75, 3.05) is 0 Å². The van der Waals surface area contributed by atoms with E-state index in [1.54, 1.807) is 6.07 Å². The van der Waals surface area contributed by atoms with Crippen molar-refractivity contribution >= 4 is 0 Å². The number of benzene rings is 1. The molecule has 4 heteroatoms. The molecule has 102 valence electrons. The Hall–Kier alpha value is -1.26. The second kappa shape index (κ2) is 6.07. The lowest BCUT2D eigenvalue weighted by atomic mass is 9.92. The second-order valence-corrected chi connectivity index (χ2v) is 5.28. The van der Waals surface area contributed by atoms with E-state index >= 15 is 0 Å². The minimum atomic E-state index is -0.723. The molecule has 0 aliphatic rings. The van der Waals surface area contributed by atoms with Gasteiger partial charge in [0.1, 0.15) is 0 Å². The van der Waals surface area contributed by atoms with Crippen molar-refractivity contribution in [2.24, 2.45) is 5.92 Å². The van der Waals surface area contributed by atoms with Crippen LogP contribution in [0.2, 0.25) is 0 Å². The highest BCUT2D eigenvalue weighted by atomic mass is 16.3. The Bertz CT molecular complexity index is 391. The molecule has 4 nitrogen and oxygen atoms in total. The zero-order valence-electron chi connectivity index (χ0n) is 11.4. The molecule has 2 atom stereocenters. The average molecular weight is 253 g/mol. The molecule has 0 fully saturated rings. The van der Waals surface area contributed by atoms with E-state index in [1.807, 2.05) is 27.7 Å². The van der Waals surface area contributed by atoms with E-state index in [9.17, 15) is 15.3 Å². The molecule has 18 heavy (non-hydrogen) atoms. The van der Waals surface area contributed by atoms with E-state index in [0.717, 1.165) is 0 Å². The fourth-order valence-electron chi connectivity index (χ4n) is 1.96. The SMILES string of the molecule is CC(C)NC(C(C)C)C(O)c1ccc(O)c(O)c1. The summed E-state index contributed by atoms with van der Waals surface area (Å²) in [5.74, 6) is -0.138. The molecule has 0 heterocycles. The van der Waals surface area contributed by atoms with E-state index in [4.69, 9.17) is 0 Å². The number of phenols is 2. The van der Waals surface area contributed by atoms with Crippen molar-refractivity contribution in [3.8, 4) is 11.5 Å². The van der Waals surface area contributed by atoms with Crippen LogP contribution in [0.4, 0.5) is 0 Å². The molecule has 1 rings (SSSR count). The lowest BCUT2D eigenvalue weighted by Crippen LogP contribution is -2.42. The first-order chi connectivity index (χ1) is 8.32. The summed E-state index contributed by atoms with van der Waals surface area (Å²) in [5, 5.41) is 32.4. The molecular weight excluding hydrogens is 230 g/mol. The van der Waals surface area contributed by atoms with Crippen molar-refractivity contribution in [1.82, 2.24) is 5.32 Å². The molecule has 0 amide bonds. The van der Waals surface area contributed by atoms with Gasteiger partial charge in [0.15, 0.2) is 11.5 Å². The molecule has 2 unspecified atom stereocenters. The Morgan fingerprint density at radius 2 is 1.61 bits per heavy atom. The zero-order valence-corrected chi connectivity index (χ0v) is 11.4. The first kappa shape index (κ1) is 14.8. The first-order valence-electron chi connectivity index (χ1n) is 6.29. The number of aliphatic hydroxyl groups is 1. The number of aromatic hydroxyl groups is 2. The number of phenolic OH excluding ortho intramolecular Hbond substituents is 2. The summed E-state index contributed by atoms with van der Waals surface area (Å²) in [4.78, 5) is 0. The van der Waals surface area contributed by atoms with Crippen LogP contribution in [0, 0.1) is 5.92 Å². The summed E-state index contributed by atoms with van der Waals surface area (Å²) in [6.07, 6.45) is -0.723. The van der Waals surface area contributed by atoms with Crippen LogP contribution in [0.1, 0.15) is 39.4 Å². The quantitative estimate of drug-likeness (QED) is 0.607. The van der Waals surface area contributed by atoms with Gasteiger partial charge in [-0.25, -0.2) is 0 Å². The maximum Gasteiger partial charge on any atom is 0.157 e. The highest BCUT2D eigenvalue weighted by molar-refractivity contribution is 5.41. The highest BCUT2D eigenvalue weighted by Crippen LogP contribution is 2.30. The third-order valence-electron chi connectivity index (χ3n) is 2.93. The molecule has 1 aromatic carbocycles. The van der Waals surface area contributed by atoms with Gasteiger partial charge >= 0.3 is 0 Å². The van der Waals surface area contributed by atoms with Crippen LogP contribution >= 0.6 is 0 Å². The Balaban J connectivity index is 2.94. The molecule has 0 bridgehead atoms. The minimum Gasteiger partial charge on any atom is -0.504 e. The van der Waals surface area contributed by atoms with Gasteiger partial charge in [0.25, 0.3) is 0 Å². The molecule has 0 radical (unpaired) electrons. The van der Waals surface area contributed by atoms with Crippen LogP contribution in [0.25, 0.3) is 0 Å². The van der Waals surface area contributed by atoms with Crippen LogP contribution in [0.5, 0.6) is 11.5 Å². The molecule has 0 aliphatic carbocycles. The fourth-order valence-corrected chi connectivity index (χ4v) is 1.96. The largest absolute Gasteiger partial charge is 0.504 e. The van der Waals surface area contributed by atoms with Crippen LogP contribution < -0.4 is 5.32 Å². The van der Waals surface area contributed by atoms with Crippen molar-refractivity contribution in [3.05, 3.63) is 23.8 Å². The first-order valence-corrected chi connectivity index (χ1v) is 6.29. The number of rotatable bonds is 5. The average Bonchev–Trinajstić information content (AvgIpc) is 2.28. The zero-order chi connectivity index (χ0) is 13.9. The lowest BCUT2D eigenvalue weighted by Gasteiger charge is -2.29. The summed E-state index contributed by atoms with van der Waals surface area (Å²) in [6.45, 7) is 8.11. The summed E-state index contributed by atoms with van der Waals surface area (Å²) in [7, 11) is 0. The molecule has 0 aliphatic heterocycles. The highest BCUT2D eigenvalue weighted by Gasteiger charge is 2.25. The van der Waals surface area contributed by atoms with E-state index in [2.05, 4.69) is 5.32 Å². The van der Waals surface area contributed by atoms with Gasteiger partial charge < -0.3 is 20.6 Å². The van der Waals surface area contributed by atoms with E-state index in [1.165, 1.54) is 12.1 Å². The minimum absolute atomic E-state index is 0.103. The Morgan fingerprint density at radius 3 is 2.06 bits per heavy atom. The second-order valence-electron chi connectivity index (χ2n) is 5.28. The molecule has 4 N–H and O–H groups in total. The molecule has 0 saturated heterocycles. The van der Waals surface area contributed by atoms with Gasteiger partial charge in [0.05, 0.1) is 6.10 Å². The summed E-state index contributed by atoms with van der Waals surface area (Å²) >= 11 is 0. The van der Waals surface area contributed by atoms with Crippen molar-refractivity contribution in [2.45, 2.75) is 45.9 Å². The topological polar surface area (TPSA) is 72.7 Å². The molecule has 0 saturated carbocycles. The maximum absolute atomic E-state index is 10.4. The van der Waals surface area contributed by atoms with Gasteiger partial charge in [-0.1, -0.05) is 33.8 Å². The standard InChI is InChI=1S/C14H23NO3/c1-8(2)13(15-9(3)4)14(18)10-5-6-11(16)12(17)7-10/h5-9,13-18H,1-4H3. The van der Waals surface area contributed by atoms with Gasteiger partial charge in [-0.2, -0.15) is 0 Å². The Kier molecular flexibility index (Phi) is 4.99. The number of hydrogen-bond donors (Lipinski definition) is 4. The summed E-state index contributed by atoms with van der Waals surface area (Å²) < 4.78 is 0. The lowest BCUT2D eigenvalue weighted by molar-refractivity contribution is 0.1000. The fraction of sp³-hybridized carbons (Fsp3) is 0.571. The smallest absolute Gasteiger partial charge is 0.157 e. The number of hydrogen-bond acceptors (Lipinski definition) is 4. The molecule has 0 spiro atoms. The van der Waals surface area contributed by atoms with Crippen molar-refractivity contribution in [1.29, 1.82) is 0 Å². The predicted octanol–water partition coefficient (Wildman–Crippen LogP) is 2.15. The van der Waals surface area contributed by atoms with Gasteiger partial charge in [0, 0.05) is 12.1 Å². The monoisotopic (exact) mass is 253 g/mol. The van der Waals surface area contributed by atoms with E-state index < -0.39 is 6.10 Å². The van der Waals surface area contributed by atoms with Crippen LogP contribution in [0.15, 0.2) is 18.2 Å². The van der Waals surface area contributed by atoms with Crippen LogP contribution in [0.3, 0.4) is 0 Å². The van der Waals surface area contributed by atoms with Crippen LogP contribution in [-0.4, -0.2) is 27.4 Å². The Morgan fingerprint density at radius 1 is 1.00 bits per heavy atom. The predicted molar refractivity (Wildman–Crippen MR) is 71.6 cm³/mol. The van der Waals surface area contributed by atoms with Gasteiger partial charge in [-0.15, -0.1) is 0 Å². The van der Waals surface area contributed by atoms with Crippen molar-refractivity contribution in [3.63, 3.8) is 0 Å². The van der Waals surface area contributed by atoms with Gasteiger partial charge in [-0.05, 0) is 23.6 Å². The summed E-state index contributed by atoms with van der Waals surface area (Å²) in [5.41, 5.74) is 0.595. The van der Waals surface area contributed by atoms with Crippen molar-refractivity contribution < 1.29 is 15.3 Å². The molecular formula is C14H23NO3. The van der Waals surface area contributed by atoms with Gasteiger partial charge in [-0.3, -0.25) is 0 Å². The normalized spacial score (nSPS) is 15.1. The number of aliphatic hydroxyl groups excluding tert-OH is 1. The number of nitrogens with one attached hydrogen (secondary N) is 1. The third kappa shape index (κ3) is 3.62. The van der Waals surface area contributed by atoms with E-state index in [-0.39, 0.29) is 29.5 Å². The van der Waals surface area contributed by atoms with Gasteiger partial charge in [0.2, 0.25) is 0 Å². The Labute approximate surface area is 108 Å². The molecule has 0 aromatic heterocycles. The van der Waals surface area contributed by atoms with Crippen LogP contribution in [-0.2, 0) is 0 Å². The third-order valence-corrected chi connectivity index (χ3v) is 2.93. The molecule has 1 aromatic rings. The summed E-state index contributed by atoms with van der Waals surface area (Å²) in [6, 6.07) is 4.57.